The standard InChI is InChI=1S/C14H15ClN4O/c1-2-7-19-13(11-5-6-16-18-11)17-12-8-9(15)3-4-10(12)14(19)20/h3-6,8,13,17H,2,7H2,1H3,(H,16,18)/t13-/m0/s1. The second-order valence-corrected chi connectivity index (χ2v) is 5.18. The van der Waals surface area contributed by atoms with Gasteiger partial charge in [0.2, 0.25) is 0 Å². The summed E-state index contributed by atoms with van der Waals surface area (Å²) in [5.74, 6) is 0.0110. The van der Waals surface area contributed by atoms with Gasteiger partial charge in [0.15, 0.2) is 0 Å². The molecule has 0 saturated heterocycles. The Labute approximate surface area is 121 Å². The quantitative estimate of drug-likeness (QED) is 0.913. The van der Waals surface area contributed by atoms with E-state index in [9.17, 15) is 4.79 Å². The topological polar surface area (TPSA) is 61.0 Å². The molecule has 5 nitrogen and oxygen atoms in total. The van der Waals surface area contributed by atoms with Crippen molar-refractivity contribution in [3.8, 4) is 0 Å². The SMILES string of the molecule is CCCN1C(=O)c2ccc(Cl)cc2N[C@@H]1c1ccn[nH]1. The molecule has 0 aliphatic carbocycles. The van der Waals surface area contributed by atoms with Gasteiger partial charge in [-0.3, -0.25) is 9.89 Å². The van der Waals surface area contributed by atoms with E-state index in [2.05, 4.69) is 22.4 Å². The highest BCUT2D eigenvalue weighted by molar-refractivity contribution is 6.31. The zero-order valence-electron chi connectivity index (χ0n) is 11.1. The van der Waals surface area contributed by atoms with Crippen LogP contribution in [0.5, 0.6) is 0 Å². The molecule has 0 spiro atoms. The molecule has 0 bridgehead atoms. The maximum absolute atomic E-state index is 12.6. The van der Waals surface area contributed by atoms with Gasteiger partial charge in [0, 0.05) is 17.8 Å². The minimum atomic E-state index is -0.240. The number of carbonyl (C=O) groups excluding carboxylic acids is 1. The van der Waals surface area contributed by atoms with Crippen LogP contribution in [0.2, 0.25) is 5.02 Å². The summed E-state index contributed by atoms with van der Waals surface area (Å²) in [4.78, 5) is 14.4. The first kappa shape index (κ1) is 13.0. The Bertz CT molecular complexity index is 626. The fourth-order valence-corrected chi connectivity index (χ4v) is 2.63. The fourth-order valence-electron chi connectivity index (χ4n) is 2.46. The monoisotopic (exact) mass is 290 g/mol. The number of aromatic amines is 1. The van der Waals surface area contributed by atoms with E-state index in [0.717, 1.165) is 17.8 Å². The Hall–Kier alpha value is -2.01. The summed E-state index contributed by atoms with van der Waals surface area (Å²) < 4.78 is 0. The molecule has 3 rings (SSSR count). The van der Waals surface area contributed by atoms with E-state index in [1.54, 1.807) is 24.4 Å². The summed E-state index contributed by atoms with van der Waals surface area (Å²) in [6, 6.07) is 7.14. The zero-order valence-corrected chi connectivity index (χ0v) is 11.8. The number of anilines is 1. The molecule has 20 heavy (non-hydrogen) atoms. The number of nitrogens with zero attached hydrogens (tertiary/aromatic N) is 2. The highest BCUT2D eigenvalue weighted by atomic mass is 35.5. The second kappa shape index (κ2) is 5.17. The summed E-state index contributed by atoms with van der Waals surface area (Å²) in [5, 5.41) is 10.8. The lowest BCUT2D eigenvalue weighted by Crippen LogP contribution is -2.43. The molecule has 0 unspecified atom stereocenters. The fraction of sp³-hybridized carbons (Fsp3) is 0.286. The molecular weight excluding hydrogens is 276 g/mol. The first-order chi connectivity index (χ1) is 9.70. The third-order valence-electron chi connectivity index (χ3n) is 3.36. The van der Waals surface area contributed by atoms with Crippen molar-refractivity contribution in [1.29, 1.82) is 0 Å². The lowest BCUT2D eigenvalue weighted by molar-refractivity contribution is 0.0679. The van der Waals surface area contributed by atoms with Gasteiger partial charge in [-0.15, -0.1) is 0 Å². The molecule has 2 aromatic rings. The van der Waals surface area contributed by atoms with Gasteiger partial charge < -0.3 is 10.2 Å². The molecule has 1 amide bonds. The molecule has 0 fully saturated rings. The van der Waals surface area contributed by atoms with Crippen molar-refractivity contribution < 1.29 is 4.79 Å². The largest absolute Gasteiger partial charge is 0.359 e. The Morgan fingerprint density at radius 1 is 1.40 bits per heavy atom. The number of amides is 1. The van der Waals surface area contributed by atoms with Crippen molar-refractivity contribution in [3.63, 3.8) is 0 Å². The number of H-pyrrole nitrogens is 1. The number of carbonyl (C=O) groups is 1. The minimum absolute atomic E-state index is 0.0110. The van der Waals surface area contributed by atoms with Crippen molar-refractivity contribution in [3.05, 3.63) is 46.7 Å². The van der Waals surface area contributed by atoms with Crippen LogP contribution in [0.1, 0.15) is 35.6 Å². The van der Waals surface area contributed by atoms with Crippen molar-refractivity contribution in [1.82, 2.24) is 15.1 Å². The van der Waals surface area contributed by atoms with E-state index in [4.69, 9.17) is 11.6 Å². The van der Waals surface area contributed by atoms with Crippen molar-refractivity contribution >= 4 is 23.2 Å². The number of benzene rings is 1. The van der Waals surface area contributed by atoms with Gasteiger partial charge in [0.25, 0.3) is 5.91 Å². The Balaban J connectivity index is 2.04. The van der Waals surface area contributed by atoms with E-state index in [0.29, 0.717) is 17.1 Å². The predicted octanol–water partition coefficient (Wildman–Crippen LogP) is 3.04. The number of hydrogen-bond donors (Lipinski definition) is 2. The van der Waals surface area contributed by atoms with Gasteiger partial charge in [-0.05, 0) is 30.7 Å². The van der Waals surface area contributed by atoms with Gasteiger partial charge in [-0.25, -0.2) is 0 Å². The van der Waals surface area contributed by atoms with Crippen molar-refractivity contribution in [2.24, 2.45) is 0 Å². The molecule has 1 atom stereocenters. The number of hydrogen-bond acceptors (Lipinski definition) is 3. The van der Waals surface area contributed by atoms with Crippen LogP contribution in [0.25, 0.3) is 0 Å². The first-order valence-electron chi connectivity index (χ1n) is 6.57. The average molecular weight is 291 g/mol. The summed E-state index contributed by atoms with van der Waals surface area (Å²) in [7, 11) is 0. The van der Waals surface area contributed by atoms with Crippen LogP contribution in [-0.4, -0.2) is 27.5 Å². The molecule has 1 aromatic heterocycles. The molecule has 2 heterocycles. The third kappa shape index (κ3) is 2.14. The Morgan fingerprint density at radius 2 is 2.25 bits per heavy atom. The summed E-state index contributed by atoms with van der Waals surface area (Å²) in [6.07, 6.45) is 2.33. The molecule has 1 aliphatic rings. The summed E-state index contributed by atoms with van der Waals surface area (Å²) >= 11 is 6.01. The first-order valence-corrected chi connectivity index (χ1v) is 6.95. The highest BCUT2D eigenvalue weighted by Gasteiger charge is 2.33. The second-order valence-electron chi connectivity index (χ2n) is 4.75. The van der Waals surface area contributed by atoms with E-state index >= 15 is 0 Å². The molecule has 0 saturated carbocycles. The van der Waals surface area contributed by atoms with E-state index < -0.39 is 0 Å². The molecular formula is C14H15ClN4O. The molecule has 6 heteroatoms. The van der Waals surface area contributed by atoms with Crippen LogP contribution in [0.15, 0.2) is 30.5 Å². The Kier molecular flexibility index (Phi) is 3.36. The van der Waals surface area contributed by atoms with Crippen molar-refractivity contribution in [2.45, 2.75) is 19.5 Å². The lowest BCUT2D eigenvalue weighted by atomic mass is 10.1. The maximum atomic E-state index is 12.6. The van der Waals surface area contributed by atoms with Crippen LogP contribution in [-0.2, 0) is 0 Å². The van der Waals surface area contributed by atoms with Crippen molar-refractivity contribution in [2.75, 3.05) is 11.9 Å². The number of nitrogens with one attached hydrogen (secondary N) is 2. The van der Waals surface area contributed by atoms with Crippen LogP contribution in [0.3, 0.4) is 0 Å². The smallest absolute Gasteiger partial charge is 0.257 e. The summed E-state index contributed by atoms with van der Waals surface area (Å²) in [5.41, 5.74) is 2.27. The van der Waals surface area contributed by atoms with Gasteiger partial charge in [0.05, 0.1) is 16.9 Å². The molecule has 1 aromatic carbocycles. The zero-order chi connectivity index (χ0) is 14.1. The Morgan fingerprint density at radius 3 is 2.95 bits per heavy atom. The molecule has 0 radical (unpaired) electrons. The number of rotatable bonds is 3. The number of fused-ring (bicyclic) bond motifs is 1. The van der Waals surface area contributed by atoms with Crippen LogP contribution >= 0.6 is 11.6 Å². The van der Waals surface area contributed by atoms with Gasteiger partial charge in [-0.1, -0.05) is 18.5 Å². The third-order valence-corrected chi connectivity index (χ3v) is 3.59. The molecule has 1 aliphatic heterocycles. The van der Waals surface area contributed by atoms with Crippen LogP contribution in [0.4, 0.5) is 5.69 Å². The molecule has 2 N–H and O–H groups in total. The lowest BCUT2D eigenvalue weighted by Gasteiger charge is -2.37. The summed E-state index contributed by atoms with van der Waals surface area (Å²) in [6.45, 7) is 2.73. The van der Waals surface area contributed by atoms with Gasteiger partial charge >= 0.3 is 0 Å². The molecule has 104 valence electrons. The number of aromatic nitrogens is 2. The van der Waals surface area contributed by atoms with E-state index in [1.807, 2.05) is 11.0 Å². The minimum Gasteiger partial charge on any atom is -0.359 e. The maximum Gasteiger partial charge on any atom is 0.257 e. The highest BCUT2D eigenvalue weighted by Crippen LogP contribution is 2.33. The van der Waals surface area contributed by atoms with Gasteiger partial charge in [0.1, 0.15) is 6.17 Å². The average Bonchev–Trinajstić information content (AvgIpc) is 2.95. The van der Waals surface area contributed by atoms with Gasteiger partial charge in [-0.2, -0.15) is 5.10 Å². The van der Waals surface area contributed by atoms with E-state index in [1.165, 1.54) is 0 Å². The predicted molar refractivity (Wildman–Crippen MR) is 77.7 cm³/mol. The normalized spacial score (nSPS) is 17.8. The van der Waals surface area contributed by atoms with Crippen LogP contribution < -0.4 is 5.32 Å². The number of halogens is 1. The van der Waals surface area contributed by atoms with E-state index in [-0.39, 0.29) is 12.1 Å². The van der Waals surface area contributed by atoms with Crippen LogP contribution in [0, 0.1) is 0 Å².